The number of hydrogen-bond donors (Lipinski definition) is 3. The first-order valence-corrected chi connectivity index (χ1v) is 11.6. The number of nitrogens with zero attached hydrogens (tertiary/aromatic N) is 4. The van der Waals surface area contributed by atoms with E-state index in [0.717, 1.165) is 11.3 Å². The number of aromatic amines is 1. The van der Waals surface area contributed by atoms with Gasteiger partial charge in [0, 0.05) is 47.5 Å². The molecule has 10 heteroatoms. The minimum Gasteiger partial charge on any atom is -0.457 e. The van der Waals surface area contributed by atoms with Crippen molar-refractivity contribution in [3.05, 3.63) is 91.3 Å². The zero-order valence-electron chi connectivity index (χ0n) is 20.1. The first-order chi connectivity index (χ1) is 17.9. The second-order valence-corrected chi connectivity index (χ2v) is 8.54. The van der Waals surface area contributed by atoms with Gasteiger partial charge in [0.05, 0.1) is 17.6 Å². The molecule has 2 aromatic carbocycles. The van der Waals surface area contributed by atoms with Crippen LogP contribution in [0, 0.1) is 5.82 Å². The molecule has 3 heterocycles. The Morgan fingerprint density at radius 3 is 2.49 bits per heavy atom. The normalized spacial score (nSPS) is 10.9. The molecule has 0 saturated heterocycles. The van der Waals surface area contributed by atoms with Crippen LogP contribution in [0.5, 0.6) is 11.5 Å². The van der Waals surface area contributed by atoms with Gasteiger partial charge in [-0.25, -0.2) is 9.18 Å². The standard InChI is InChI=1S/C27H24FN7O2/c1-17(2)35-16-25(26(34-35)18-3-5-20(28)6-4-18)33-27(36)32-21-7-9-22(10-8-21)37-23-11-12-29-24(13-23)19-14-30-31-15-19/h3-17H,1-2H3,(H,30,31)(H2,32,33,36). The molecule has 0 fully saturated rings. The van der Waals surface area contributed by atoms with Crippen LogP contribution in [-0.2, 0) is 0 Å². The molecule has 0 spiro atoms. The number of urea groups is 1. The van der Waals surface area contributed by atoms with Crippen molar-refractivity contribution in [3.63, 3.8) is 0 Å². The summed E-state index contributed by atoms with van der Waals surface area (Å²) in [5.74, 6) is 0.890. The Hall–Kier alpha value is -4.99. The molecular weight excluding hydrogens is 473 g/mol. The number of carbonyl (C=O) groups excluding carboxylic acids is 1. The molecule has 5 rings (SSSR count). The Morgan fingerprint density at radius 1 is 1.00 bits per heavy atom. The van der Waals surface area contributed by atoms with Gasteiger partial charge >= 0.3 is 6.03 Å². The maximum atomic E-state index is 13.4. The van der Waals surface area contributed by atoms with Gasteiger partial charge in [-0.05, 0) is 68.4 Å². The lowest BCUT2D eigenvalue weighted by Gasteiger charge is -2.10. The SMILES string of the molecule is CC(C)n1cc(NC(=O)Nc2ccc(Oc3ccnc(-c4cn[nH]c4)c3)cc2)c(-c2ccc(F)cc2)n1. The summed E-state index contributed by atoms with van der Waals surface area (Å²) in [6.07, 6.45) is 6.87. The Kier molecular flexibility index (Phi) is 6.62. The second-order valence-electron chi connectivity index (χ2n) is 8.54. The van der Waals surface area contributed by atoms with E-state index in [0.29, 0.717) is 34.1 Å². The van der Waals surface area contributed by atoms with E-state index in [1.54, 1.807) is 71.9 Å². The first kappa shape index (κ1) is 23.7. The molecule has 0 aliphatic carbocycles. The molecule has 3 aromatic heterocycles. The lowest BCUT2D eigenvalue weighted by atomic mass is 10.1. The number of pyridine rings is 1. The van der Waals surface area contributed by atoms with Gasteiger partial charge in [0.1, 0.15) is 23.0 Å². The molecule has 186 valence electrons. The van der Waals surface area contributed by atoms with Crippen LogP contribution in [0.1, 0.15) is 19.9 Å². The van der Waals surface area contributed by atoms with E-state index in [9.17, 15) is 9.18 Å². The molecule has 0 bridgehead atoms. The molecule has 0 saturated carbocycles. The van der Waals surface area contributed by atoms with Gasteiger partial charge in [-0.15, -0.1) is 0 Å². The quantitative estimate of drug-likeness (QED) is 0.238. The highest BCUT2D eigenvalue weighted by atomic mass is 19.1. The van der Waals surface area contributed by atoms with E-state index in [1.807, 2.05) is 19.9 Å². The number of anilines is 2. The number of ether oxygens (including phenoxy) is 1. The fraction of sp³-hybridized carbons (Fsp3) is 0.111. The number of amides is 2. The number of benzene rings is 2. The summed E-state index contributed by atoms with van der Waals surface area (Å²) in [5, 5.41) is 16.9. The zero-order chi connectivity index (χ0) is 25.8. The molecule has 0 aliphatic rings. The smallest absolute Gasteiger partial charge is 0.323 e. The Labute approximate surface area is 212 Å². The number of halogens is 1. The van der Waals surface area contributed by atoms with Crippen molar-refractivity contribution in [2.45, 2.75) is 19.9 Å². The van der Waals surface area contributed by atoms with Crippen LogP contribution in [0.3, 0.4) is 0 Å². The first-order valence-electron chi connectivity index (χ1n) is 11.6. The fourth-order valence-electron chi connectivity index (χ4n) is 3.62. The molecule has 0 unspecified atom stereocenters. The van der Waals surface area contributed by atoms with Crippen molar-refractivity contribution in [1.82, 2.24) is 25.0 Å². The molecular formula is C27H24FN7O2. The van der Waals surface area contributed by atoms with Gasteiger partial charge in [0.2, 0.25) is 0 Å². The maximum Gasteiger partial charge on any atom is 0.323 e. The largest absolute Gasteiger partial charge is 0.457 e. The number of hydrogen-bond acceptors (Lipinski definition) is 5. The van der Waals surface area contributed by atoms with Crippen LogP contribution in [-0.4, -0.2) is 31.0 Å². The van der Waals surface area contributed by atoms with Crippen LogP contribution in [0.25, 0.3) is 22.5 Å². The van der Waals surface area contributed by atoms with Crippen molar-refractivity contribution in [1.29, 1.82) is 0 Å². The van der Waals surface area contributed by atoms with Crippen LogP contribution < -0.4 is 15.4 Å². The Balaban J connectivity index is 1.26. The summed E-state index contributed by atoms with van der Waals surface area (Å²) < 4.78 is 21.1. The van der Waals surface area contributed by atoms with E-state index in [2.05, 4.69) is 30.9 Å². The minimum absolute atomic E-state index is 0.0847. The average Bonchev–Trinajstić information content (AvgIpc) is 3.57. The summed E-state index contributed by atoms with van der Waals surface area (Å²) in [7, 11) is 0. The molecule has 37 heavy (non-hydrogen) atoms. The third-order valence-corrected chi connectivity index (χ3v) is 5.50. The van der Waals surface area contributed by atoms with Crippen LogP contribution in [0.4, 0.5) is 20.6 Å². The second kappa shape index (κ2) is 10.3. The van der Waals surface area contributed by atoms with Gasteiger partial charge in [-0.1, -0.05) is 0 Å². The van der Waals surface area contributed by atoms with E-state index in [-0.39, 0.29) is 11.9 Å². The summed E-state index contributed by atoms with van der Waals surface area (Å²) >= 11 is 0. The summed E-state index contributed by atoms with van der Waals surface area (Å²) in [5.41, 5.74) is 3.95. The highest BCUT2D eigenvalue weighted by Gasteiger charge is 2.15. The number of H-pyrrole nitrogens is 1. The Bertz CT molecular complexity index is 1500. The molecule has 2 amide bonds. The lowest BCUT2D eigenvalue weighted by Crippen LogP contribution is -2.19. The molecule has 0 atom stereocenters. The zero-order valence-corrected chi connectivity index (χ0v) is 20.1. The fourth-order valence-corrected chi connectivity index (χ4v) is 3.62. The van der Waals surface area contributed by atoms with Crippen molar-refractivity contribution >= 4 is 17.4 Å². The predicted molar refractivity (Wildman–Crippen MR) is 139 cm³/mol. The average molecular weight is 498 g/mol. The van der Waals surface area contributed by atoms with Gasteiger partial charge in [0.15, 0.2) is 0 Å². The van der Waals surface area contributed by atoms with Gasteiger partial charge in [-0.2, -0.15) is 10.2 Å². The van der Waals surface area contributed by atoms with Gasteiger partial charge in [-0.3, -0.25) is 14.8 Å². The molecule has 9 nitrogen and oxygen atoms in total. The highest BCUT2D eigenvalue weighted by Crippen LogP contribution is 2.29. The number of aromatic nitrogens is 5. The molecule has 5 aromatic rings. The number of carbonyl (C=O) groups is 1. The summed E-state index contributed by atoms with van der Waals surface area (Å²) in [6, 6.07) is 16.2. The number of rotatable bonds is 7. The van der Waals surface area contributed by atoms with Crippen molar-refractivity contribution in [2.24, 2.45) is 0 Å². The van der Waals surface area contributed by atoms with E-state index >= 15 is 0 Å². The summed E-state index contributed by atoms with van der Waals surface area (Å²) in [4.78, 5) is 17.1. The van der Waals surface area contributed by atoms with E-state index < -0.39 is 6.03 Å². The van der Waals surface area contributed by atoms with Crippen molar-refractivity contribution < 1.29 is 13.9 Å². The van der Waals surface area contributed by atoms with E-state index in [4.69, 9.17) is 4.74 Å². The molecule has 0 aliphatic heterocycles. The van der Waals surface area contributed by atoms with Gasteiger partial charge in [0.25, 0.3) is 0 Å². The Morgan fingerprint density at radius 2 is 1.78 bits per heavy atom. The monoisotopic (exact) mass is 497 g/mol. The van der Waals surface area contributed by atoms with Crippen LogP contribution in [0.2, 0.25) is 0 Å². The topological polar surface area (TPSA) is 110 Å². The highest BCUT2D eigenvalue weighted by molar-refractivity contribution is 6.01. The van der Waals surface area contributed by atoms with Crippen molar-refractivity contribution in [3.8, 4) is 34.0 Å². The maximum absolute atomic E-state index is 13.4. The van der Waals surface area contributed by atoms with E-state index in [1.165, 1.54) is 12.1 Å². The third kappa shape index (κ3) is 5.64. The summed E-state index contributed by atoms with van der Waals surface area (Å²) in [6.45, 7) is 3.97. The predicted octanol–water partition coefficient (Wildman–Crippen LogP) is 6.49. The molecule has 3 N–H and O–H groups in total. The minimum atomic E-state index is -0.431. The molecule has 0 radical (unpaired) electrons. The van der Waals surface area contributed by atoms with Crippen LogP contribution in [0.15, 0.2) is 85.5 Å². The van der Waals surface area contributed by atoms with Crippen molar-refractivity contribution in [2.75, 3.05) is 10.6 Å². The van der Waals surface area contributed by atoms with Gasteiger partial charge < -0.3 is 15.4 Å². The third-order valence-electron chi connectivity index (χ3n) is 5.50. The lowest BCUT2D eigenvalue weighted by molar-refractivity contribution is 0.262. The van der Waals surface area contributed by atoms with Crippen LogP contribution >= 0.6 is 0 Å². The number of nitrogens with one attached hydrogen (secondary N) is 3.